The number of methoxy groups -OCH3 is 1. The number of nitrogens with zero attached hydrogens (tertiary/aromatic N) is 2. The van der Waals surface area contributed by atoms with E-state index < -0.39 is 22.2 Å². The van der Waals surface area contributed by atoms with Crippen LogP contribution in [0.15, 0.2) is 23.1 Å². The topological polar surface area (TPSA) is 96.4 Å². The Labute approximate surface area is 197 Å². The van der Waals surface area contributed by atoms with Crippen molar-refractivity contribution in [3.63, 3.8) is 0 Å². The summed E-state index contributed by atoms with van der Waals surface area (Å²) in [4.78, 5) is 13.8. The minimum Gasteiger partial charge on any atom is -0.487 e. The Kier molecular flexibility index (Phi) is 9.73. The molecule has 1 aromatic carbocycles. The smallest absolute Gasteiger partial charge is 0.248 e. The van der Waals surface area contributed by atoms with Gasteiger partial charge in [0, 0.05) is 44.6 Å². The molecule has 1 aliphatic heterocycles. The molecule has 0 spiro atoms. The van der Waals surface area contributed by atoms with Gasteiger partial charge in [-0.15, -0.1) is 0 Å². The molecule has 33 heavy (non-hydrogen) atoms. The second kappa shape index (κ2) is 11.8. The van der Waals surface area contributed by atoms with Crippen LogP contribution in [0.2, 0.25) is 0 Å². The number of aliphatic hydroxyl groups excluding tert-OH is 1. The molecule has 0 fully saturated rings. The molecular formula is C24H36N2O6S. The molecule has 1 heterocycles. The van der Waals surface area contributed by atoms with Gasteiger partial charge in [0.15, 0.2) is 0 Å². The van der Waals surface area contributed by atoms with E-state index in [1.807, 2.05) is 6.92 Å². The number of likely N-dealkylation sites (N-methyl/N-ethyl adjacent to an activating group) is 1. The fourth-order valence-electron chi connectivity index (χ4n) is 3.48. The van der Waals surface area contributed by atoms with Crippen LogP contribution in [0.5, 0.6) is 5.75 Å². The third kappa shape index (κ3) is 6.93. The lowest BCUT2D eigenvalue weighted by molar-refractivity contribution is -0.135. The predicted molar refractivity (Wildman–Crippen MR) is 126 cm³/mol. The third-order valence-electron chi connectivity index (χ3n) is 5.56. The average molecular weight is 481 g/mol. The minimum atomic E-state index is -3.91. The van der Waals surface area contributed by atoms with E-state index in [1.165, 1.54) is 22.4 Å². The van der Waals surface area contributed by atoms with Gasteiger partial charge in [0.1, 0.15) is 23.4 Å². The van der Waals surface area contributed by atoms with E-state index in [-0.39, 0.29) is 48.8 Å². The molecule has 0 saturated heterocycles. The summed E-state index contributed by atoms with van der Waals surface area (Å²) in [6.45, 7) is 7.75. The van der Waals surface area contributed by atoms with E-state index >= 15 is 0 Å². The van der Waals surface area contributed by atoms with E-state index in [0.717, 1.165) is 6.42 Å². The van der Waals surface area contributed by atoms with E-state index in [1.54, 1.807) is 26.1 Å². The molecule has 0 aromatic heterocycles. The van der Waals surface area contributed by atoms with Crippen LogP contribution in [-0.4, -0.2) is 81.2 Å². The lowest BCUT2D eigenvalue weighted by atomic mass is 10.0. The first-order chi connectivity index (χ1) is 15.5. The van der Waals surface area contributed by atoms with Crippen molar-refractivity contribution in [2.75, 3.05) is 40.5 Å². The first-order valence-electron chi connectivity index (χ1n) is 11.2. The standard InChI is InChI=1S/C24H36N2O6S/c1-17(2)8-7-9-20-10-11-23-21(12-20)32-22(14-25(5)24(28)16-31-6)18(3)13-26(19(4)15-27)33(23,29)30/h10-12,17-19,22,27H,8,13-16H2,1-6H3/t18-,19+,22+/m0/s1. The zero-order valence-corrected chi connectivity index (χ0v) is 21.2. The number of aliphatic hydroxyl groups is 1. The van der Waals surface area contributed by atoms with Crippen molar-refractivity contribution in [3.8, 4) is 17.6 Å². The average Bonchev–Trinajstić information content (AvgIpc) is 2.75. The quantitative estimate of drug-likeness (QED) is 0.600. The molecule has 0 unspecified atom stereocenters. The number of benzene rings is 1. The molecule has 1 aromatic rings. The Morgan fingerprint density at radius 2 is 2.06 bits per heavy atom. The molecule has 1 amide bonds. The fourth-order valence-corrected chi connectivity index (χ4v) is 5.31. The van der Waals surface area contributed by atoms with Crippen LogP contribution in [0.1, 0.15) is 39.7 Å². The summed E-state index contributed by atoms with van der Waals surface area (Å²) in [5.41, 5.74) is 0.655. The summed E-state index contributed by atoms with van der Waals surface area (Å²) in [6.07, 6.45) is 0.252. The summed E-state index contributed by atoms with van der Waals surface area (Å²) in [6, 6.07) is 4.21. The number of hydrogen-bond acceptors (Lipinski definition) is 6. The van der Waals surface area contributed by atoms with Crippen LogP contribution in [0.4, 0.5) is 0 Å². The van der Waals surface area contributed by atoms with Crippen molar-refractivity contribution in [2.45, 2.75) is 51.2 Å². The number of fused-ring (bicyclic) bond motifs is 1. The summed E-state index contributed by atoms with van der Waals surface area (Å²) in [7, 11) is -0.796. The molecule has 8 nitrogen and oxygen atoms in total. The predicted octanol–water partition coefficient (Wildman–Crippen LogP) is 1.96. The maximum Gasteiger partial charge on any atom is 0.248 e. The van der Waals surface area contributed by atoms with Crippen molar-refractivity contribution in [1.29, 1.82) is 0 Å². The van der Waals surface area contributed by atoms with Crippen LogP contribution in [-0.2, 0) is 19.6 Å². The lowest BCUT2D eigenvalue weighted by Crippen LogP contribution is -2.50. The Balaban J connectivity index is 2.52. The number of carbonyl (C=O) groups excluding carboxylic acids is 1. The summed E-state index contributed by atoms with van der Waals surface area (Å²) in [5.74, 6) is 6.36. The molecule has 9 heteroatoms. The van der Waals surface area contributed by atoms with Crippen molar-refractivity contribution >= 4 is 15.9 Å². The Hall–Kier alpha value is -2.12. The van der Waals surface area contributed by atoms with Gasteiger partial charge in [0.25, 0.3) is 0 Å². The van der Waals surface area contributed by atoms with Crippen molar-refractivity contribution < 1.29 is 27.8 Å². The highest BCUT2D eigenvalue weighted by molar-refractivity contribution is 7.89. The van der Waals surface area contributed by atoms with Crippen molar-refractivity contribution in [2.24, 2.45) is 11.8 Å². The van der Waals surface area contributed by atoms with Gasteiger partial charge in [-0.2, -0.15) is 4.31 Å². The van der Waals surface area contributed by atoms with Crippen LogP contribution >= 0.6 is 0 Å². The number of ether oxygens (including phenoxy) is 2. The zero-order chi connectivity index (χ0) is 24.8. The fraction of sp³-hybridized carbons (Fsp3) is 0.625. The number of amides is 1. The zero-order valence-electron chi connectivity index (χ0n) is 20.4. The molecule has 1 N–H and O–H groups in total. The normalized spacial score (nSPS) is 21.1. The molecule has 0 radical (unpaired) electrons. The summed E-state index contributed by atoms with van der Waals surface area (Å²) < 4.78 is 39.5. The maximum absolute atomic E-state index is 13.5. The number of hydrogen-bond donors (Lipinski definition) is 1. The van der Waals surface area contributed by atoms with E-state index in [9.17, 15) is 18.3 Å². The third-order valence-corrected chi connectivity index (χ3v) is 7.58. The summed E-state index contributed by atoms with van der Waals surface area (Å²) in [5, 5.41) is 9.72. The van der Waals surface area contributed by atoms with Gasteiger partial charge in [0.05, 0.1) is 13.2 Å². The van der Waals surface area contributed by atoms with E-state index in [4.69, 9.17) is 9.47 Å². The molecular weight excluding hydrogens is 444 g/mol. The molecule has 3 atom stereocenters. The van der Waals surface area contributed by atoms with Crippen molar-refractivity contribution in [3.05, 3.63) is 23.8 Å². The van der Waals surface area contributed by atoms with Crippen LogP contribution < -0.4 is 4.74 Å². The van der Waals surface area contributed by atoms with Gasteiger partial charge >= 0.3 is 0 Å². The van der Waals surface area contributed by atoms with Gasteiger partial charge in [0.2, 0.25) is 15.9 Å². The van der Waals surface area contributed by atoms with Crippen LogP contribution in [0.3, 0.4) is 0 Å². The lowest BCUT2D eigenvalue weighted by Gasteiger charge is -2.37. The second-order valence-electron chi connectivity index (χ2n) is 9.01. The molecule has 1 aliphatic rings. The highest BCUT2D eigenvalue weighted by atomic mass is 32.2. The first-order valence-corrected chi connectivity index (χ1v) is 12.6. The summed E-state index contributed by atoms with van der Waals surface area (Å²) >= 11 is 0. The van der Waals surface area contributed by atoms with Gasteiger partial charge in [-0.25, -0.2) is 8.42 Å². The molecule has 0 aliphatic carbocycles. The minimum absolute atomic E-state index is 0.0278. The van der Waals surface area contributed by atoms with Gasteiger partial charge in [-0.05, 0) is 31.0 Å². The van der Waals surface area contributed by atoms with E-state index in [2.05, 4.69) is 25.7 Å². The second-order valence-corrected chi connectivity index (χ2v) is 10.9. The largest absolute Gasteiger partial charge is 0.487 e. The number of rotatable bonds is 7. The van der Waals surface area contributed by atoms with Gasteiger partial charge in [-0.3, -0.25) is 4.79 Å². The Bertz CT molecular complexity index is 982. The monoisotopic (exact) mass is 480 g/mol. The van der Waals surface area contributed by atoms with Gasteiger partial charge < -0.3 is 19.5 Å². The van der Waals surface area contributed by atoms with Crippen LogP contribution in [0, 0.1) is 23.7 Å². The van der Waals surface area contributed by atoms with Crippen LogP contribution in [0.25, 0.3) is 0 Å². The molecule has 2 rings (SSSR count). The van der Waals surface area contributed by atoms with Gasteiger partial charge in [-0.1, -0.05) is 32.6 Å². The van der Waals surface area contributed by atoms with E-state index in [0.29, 0.717) is 11.5 Å². The Morgan fingerprint density at radius 1 is 1.36 bits per heavy atom. The maximum atomic E-state index is 13.5. The van der Waals surface area contributed by atoms with Crippen molar-refractivity contribution in [1.82, 2.24) is 9.21 Å². The number of sulfonamides is 1. The highest BCUT2D eigenvalue weighted by Crippen LogP contribution is 2.34. The molecule has 0 bridgehead atoms. The number of carbonyl (C=O) groups is 1. The molecule has 184 valence electrons. The highest BCUT2D eigenvalue weighted by Gasteiger charge is 2.38. The first kappa shape index (κ1) is 27.1. The Morgan fingerprint density at radius 3 is 2.67 bits per heavy atom. The molecule has 0 saturated carbocycles. The SMILES string of the molecule is COCC(=O)N(C)C[C@H]1Oc2cc(C#CCC(C)C)ccc2S(=O)(=O)N([C@H](C)CO)C[C@@H]1C.